The summed E-state index contributed by atoms with van der Waals surface area (Å²) in [5.41, 5.74) is 0.0301. The highest BCUT2D eigenvalue weighted by atomic mass is 19.4. The van der Waals surface area contributed by atoms with Crippen LogP contribution >= 0.6 is 0 Å². The normalized spacial score (nSPS) is 13.9. The molecule has 0 aromatic heterocycles. The zero-order chi connectivity index (χ0) is 11.5. The molecule has 1 aromatic rings. The average Bonchev–Trinajstić information content (AvgIpc) is 2.17. The second kappa shape index (κ2) is 4.66. The molecule has 1 aromatic carbocycles. The number of rotatable bonds is 3. The van der Waals surface area contributed by atoms with Gasteiger partial charge in [-0.05, 0) is 25.0 Å². The Balaban J connectivity index is 2.84. The Hall–Kier alpha value is -1.03. The van der Waals surface area contributed by atoms with Crippen LogP contribution < -0.4 is 0 Å². The van der Waals surface area contributed by atoms with Crippen LogP contribution in [0.4, 0.5) is 13.2 Å². The number of alkyl halides is 3. The molecule has 0 aliphatic rings. The third-order valence-corrected chi connectivity index (χ3v) is 2.18. The first kappa shape index (κ1) is 12.0. The minimum Gasteiger partial charge on any atom is -0.381 e. The maximum absolute atomic E-state index is 12.4. The zero-order valence-corrected chi connectivity index (χ0v) is 8.64. The molecule has 0 radical (unpaired) electrons. The molecule has 4 heteroatoms. The molecule has 0 saturated heterocycles. The molecular formula is C11H13F3O. The van der Waals surface area contributed by atoms with Gasteiger partial charge in [-0.3, -0.25) is 0 Å². The van der Waals surface area contributed by atoms with Crippen molar-refractivity contribution >= 4 is 0 Å². The Morgan fingerprint density at radius 1 is 1.33 bits per heavy atom. The van der Waals surface area contributed by atoms with Crippen molar-refractivity contribution in [1.82, 2.24) is 0 Å². The van der Waals surface area contributed by atoms with Crippen molar-refractivity contribution in [3.8, 4) is 0 Å². The van der Waals surface area contributed by atoms with Crippen LogP contribution in [0, 0.1) is 0 Å². The lowest BCUT2D eigenvalue weighted by atomic mass is 10.1. The molecule has 0 fully saturated rings. The second-order valence-corrected chi connectivity index (χ2v) is 3.45. The van der Waals surface area contributed by atoms with Gasteiger partial charge in [-0.2, -0.15) is 13.2 Å². The summed E-state index contributed by atoms with van der Waals surface area (Å²) in [6.45, 7) is 1.82. The first-order valence-electron chi connectivity index (χ1n) is 4.62. The molecule has 0 aliphatic carbocycles. The monoisotopic (exact) mass is 218 g/mol. The minimum atomic E-state index is -4.27. The van der Waals surface area contributed by atoms with E-state index in [9.17, 15) is 13.2 Å². The smallest absolute Gasteiger partial charge is 0.381 e. The van der Waals surface area contributed by atoms with E-state index in [1.165, 1.54) is 13.2 Å². The number of halogens is 3. The molecular weight excluding hydrogens is 205 g/mol. The number of hydrogen-bond acceptors (Lipinski definition) is 1. The largest absolute Gasteiger partial charge is 0.416 e. The number of benzene rings is 1. The van der Waals surface area contributed by atoms with Gasteiger partial charge in [0.25, 0.3) is 0 Å². The number of methoxy groups -OCH3 is 1. The highest BCUT2D eigenvalue weighted by molar-refractivity contribution is 5.26. The fraction of sp³-hybridized carbons (Fsp3) is 0.455. The van der Waals surface area contributed by atoms with Crippen molar-refractivity contribution in [1.29, 1.82) is 0 Å². The van der Waals surface area contributed by atoms with Crippen LogP contribution in [0.5, 0.6) is 0 Å². The number of ether oxygens (including phenoxy) is 1. The van der Waals surface area contributed by atoms with Crippen LogP contribution in [-0.4, -0.2) is 13.2 Å². The molecule has 1 atom stereocenters. The third-order valence-electron chi connectivity index (χ3n) is 2.18. The van der Waals surface area contributed by atoms with E-state index in [0.717, 1.165) is 12.1 Å². The van der Waals surface area contributed by atoms with Gasteiger partial charge < -0.3 is 4.74 Å². The van der Waals surface area contributed by atoms with Gasteiger partial charge in [-0.15, -0.1) is 0 Å². The van der Waals surface area contributed by atoms with E-state index in [-0.39, 0.29) is 6.10 Å². The van der Waals surface area contributed by atoms with Crippen molar-refractivity contribution in [2.24, 2.45) is 0 Å². The van der Waals surface area contributed by atoms with Crippen LogP contribution in [0.25, 0.3) is 0 Å². The van der Waals surface area contributed by atoms with Gasteiger partial charge in [0.2, 0.25) is 0 Å². The molecule has 0 aliphatic heterocycles. The van der Waals surface area contributed by atoms with Crippen LogP contribution in [0.2, 0.25) is 0 Å². The second-order valence-electron chi connectivity index (χ2n) is 3.45. The SMILES string of the molecule is CO[C@H](C)Cc1cccc(C(F)(F)F)c1. The van der Waals surface area contributed by atoms with E-state index < -0.39 is 11.7 Å². The lowest BCUT2D eigenvalue weighted by Crippen LogP contribution is -2.10. The van der Waals surface area contributed by atoms with E-state index in [2.05, 4.69) is 0 Å². The van der Waals surface area contributed by atoms with Gasteiger partial charge in [-0.1, -0.05) is 18.2 Å². The lowest BCUT2D eigenvalue weighted by Gasteiger charge is -2.11. The Kier molecular flexibility index (Phi) is 3.74. The van der Waals surface area contributed by atoms with E-state index >= 15 is 0 Å². The summed E-state index contributed by atoms with van der Waals surface area (Å²) < 4.78 is 42.1. The van der Waals surface area contributed by atoms with E-state index in [1.54, 1.807) is 6.07 Å². The molecule has 84 valence electrons. The Bertz CT molecular complexity index is 320. The van der Waals surface area contributed by atoms with Gasteiger partial charge >= 0.3 is 6.18 Å². The summed E-state index contributed by atoms with van der Waals surface area (Å²) in [5.74, 6) is 0. The van der Waals surface area contributed by atoms with Crippen molar-refractivity contribution in [3.05, 3.63) is 35.4 Å². The highest BCUT2D eigenvalue weighted by Gasteiger charge is 2.30. The van der Waals surface area contributed by atoms with E-state index in [1.807, 2.05) is 6.92 Å². The molecule has 0 saturated carbocycles. The number of hydrogen-bond donors (Lipinski definition) is 0. The predicted octanol–water partition coefficient (Wildman–Crippen LogP) is 3.28. The Labute approximate surface area is 86.9 Å². The van der Waals surface area contributed by atoms with E-state index in [4.69, 9.17) is 4.74 Å². The lowest BCUT2D eigenvalue weighted by molar-refractivity contribution is -0.137. The van der Waals surface area contributed by atoms with Crippen molar-refractivity contribution in [3.63, 3.8) is 0 Å². The van der Waals surface area contributed by atoms with Crippen LogP contribution in [0.3, 0.4) is 0 Å². The molecule has 1 nitrogen and oxygen atoms in total. The summed E-state index contributed by atoms with van der Waals surface area (Å²) in [4.78, 5) is 0. The quantitative estimate of drug-likeness (QED) is 0.756. The molecule has 0 heterocycles. The van der Waals surface area contributed by atoms with Gasteiger partial charge in [0.15, 0.2) is 0 Å². The standard InChI is InChI=1S/C11H13F3O/c1-8(15-2)6-9-4-3-5-10(7-9)11(12,13)14/h3-5,7-8H,6H2,1-2H3/t8-/m1/s1. The first-order valence-corrected chi connectivity index (χ1v) is 4.62. The van der Waals surface area contributed by atoms with E-state index in [0.29, 0.717) is 12.0 Å². The maximum atomic E-state index is 12.4. The van der Waals surface area contributed by atoms with Gasteiger partial charge in [0.1, 0.15) is 0 Å². The summed E-state index contributed by atoms with van der Waals surface area (Å²) >= 11 is 0. The third kappa shape index (κ3) is 3.55. The Morgan fingerprint density at radius 2 is 2.00 bits per heavy atom. The molecule has 0 spiro atoms. The molecule has 0 amide bonds. The maximum Gasteiger partial charge on any atom is 0.416 e. The molecule has 1 rings (SSSR count). The van der Waals surface area contributed by atoms with Crippen LogP contribution in [-0.2, 0) is 17.3 Å². The minimum absolute atomic E-state index is 0.0755. The van der Waals surface area contributed by atoms with Crippen LogP contribution in [0.1, 0.15) is 18.1 Å². The molecule has 15 heavy (non-hydrogen) atoms. The van der Waals surface area contributed by atoms with Crippen LogP contribution in [0.15, 0.2) is 24.3 Å². The van der Waals surface area contributed by atoms with Gasteiger partial charge in [0, 0.05) is 7.11 Å². The van der Waals surface area contributed by atoms with Gasteiger partial charge in [-0.25, -0.2) is 0 Å². The highest BCUT2D eigenvalue weighted by Crippen LogP contribution is 2.29. The fourth-order valence-electron chi connectivity index (χ4n) is 1.29. The predicted molar refractivity (Wildman–Crippen MR) is 51.6 cm³/mol. The molecule has 0 unspecified atom stereocenters. The first-order chi connectivity index (χ1) is 6.93. The van der Waals surface area contributed by atoms with Crippen molar-refractivity contribution in [2.45, 2.75) is 25.6 Å². The summed E-state index contributed by atoms with van der Waals surface area (Å²) in [5, 5.41) is 0. The average molecular weight is 218 g/mol. The van der Waals surface area contributed by atoms with Gasteiger partial charge in [0.05, 0.1) is 11.7 Å². The topological polar surface area (TPSA) is 9.23 Å². The Morgan fingerprint density at radius 3 is 2.53 bits per heavy atom. The summed E-state index contributed by atoms with van der Waals surface area (Å²) in [7, 11) is 1.54. The fourth-order valence-corrected chi connectivity index (χ4v) is 1.29. The van der Waals surface area contributed by atoms with Crippen molar-refractivity contribution < 1.29 is 17.9 Å². The summed E-state index contributed by atoms with van der Waals surface area (Å²) in [6, 6.07) is 5.32. The zero-order valence-electron chi connectivity index (χ0n) is 8.64. The molecule has 0 N–H and O–H groups in total. The molecule has 0 bridgehead atoms. The summed E-state index contributed by atoms with van der Waals surface area (Å²) in [6.07, 6.45) is -3.86. The van der Waals surface area contributed by atoms with Crippen molar-refractivity contribution in [2.75, 3.05) is 7.11 Å².